The fourth-order valence-corrected chi connectivity index (χ4v) is 3.69. The second-order valence-corrected chi connectivity index (χ2v) is 7.63. The fourth-order valence-electron chi connectivity index (χ4n) is 2.60. The third kappa shape index (κ3) is 4.58. The number of nitrogens with zero attached hydrogens (tertiary/aromatic N) is 4. The molecule has 5 nitrogen and oxygen atoms in total. The third-order valence-electron chi connectivity index (χ3n) is 3.89. The van der Waals surface area contributed by atoms with Gasteiger partial charge in [0.05, 0.1) is 23.9 Å². The topological polar surface area (TPSA) is 50.6 Å². The second-order valence-electron chi connectivity index (χ2n) is 5.98. The molecule has 0 aromatic carbocycles. The highest BCUT2D eigenvalue weighted by molar-refractivity contribution is 7.11. The molecule has 0 bridgehead atoms. The molecule has 1 aliphatic rings. The van der Waals surface area contributed by atoms with Crippen molar-refractivity contribution in [3.05, 3.63) is 56.4 Å². The van der Waals surface area contributed by atoms with Gasteiger partial charge < -0.3 is 9.64 Å². The van der Waals surface area contributed by atoms with Gasteiger partial charge in [-0.25, -0.2) is 4.98 Å². The molecular weight excluding hydrogens is 356 g/mol. The van der Waals surface area contributed by atoms with Crippen molar-refractivity contribution < 1.29 is 4.74 Å². The first-order valence-electron chi connectivity index (χ1n) is 8.17. The van der Waals surface area contributed by atoms with E-state index >= 15 is 0 Å². The van der Waals surface area contributed by atoms with Gasteiger partial charge in [-0.05, 0) is 38.5 Å². The van der Waals surface area contributed by atoms with Gasteiger partial charge in [0.2, 0.25) is 0 Å². The molecule has 0 N–H and O–H groups in total. The Balaban J connectivity index is 1.68. The van der Waals surface area contributed by atoms with E-state index in [4.69, 9.17) is 16.3 Å². The summed E-state index contributed by atoms with van der Waals surface area (Å²) in [6.45, 7) is 8.00. The van der Waals surface area contributed by atoms with Crippen LogP contribution < -0.4 is 0 Å². The van der Waals surface area contributed by atoms with Crippen molar-refractivity contribution in [2.75, 3.05) is 13.2 Å². The molecule has 3 rings (SSSR count). The van der Waals surface area contributed by atoms with E-state index in [1.807, 2.05) is 39.0 Å². The van der Waals surface area contributed by atoms with Crippen LogP contribution in [0.2, 0.25) is 0 Å². The molecule has 7 heteroatoms. The van der Waals surface area contributed by atoms with E-state index in [0.717, 1.165) is 34.9 Å². The molecule has 0 saturated carbocycles. The van der Waals surface area contributed by atoms with E-state index in [9.17, 15) is 0 Å². The molecule has 0 fully saturated rings. The maximum atomic E-state index is 6.22. The fraction of sp³-hybridized carbons (Fsp3) is 0.389. The number of thiazole rings is 1. The van der Waals surface area contributed by atoms with E-state index in [0.29, 0.717) is 24.3 Å². The zero-order valence-electron chi connectivity index (χ0n) is 14.6. The maximum Gasteiger partial charge on any atom is 0.294 e. The largest absolute Gasteiger partial charge is 0.464 e. The monoisotopic (exact) mass is 376 g/mol. The molecule has 25 heavy (non-hydrogen) atoms. The summed E-state index contributed by atoms with van der Waals surface area (Å²) in [6.07, 6.45) is 2.52. The molecular formula is C18H21ClN4OS. The Bertz CT molecular complexity index is 801. The quantitative estimate of drug-likeness (QED) is 0.738. The van der Waals surface area contributed by atoms with Crippen molar-refractivity contribution in [2.24, 2.45) is 4.99 Å². The number of aryl methyl sites for hydroxylation is 2. The maximum absolute atomic E-state index is 6.22. The average molecular weight is 377 g/mol. The molecule has 0 spiro atoms. The Morgan fingerprint density at radius 1 is 1.28 bits per heavy atom. The summed E-state index contributed by atoms with van der Waals surface area (Å²) in [4.78, 5) is 16.6. The van der Waals surface area contributed by atoms with Crippen molar-refractivity contribution in [1.82, 2.24) is 14.9 Å². The highest BCUT2D eigenvalue weighted by Crippen LogP contribution is 2.24. The van der Waals surface area contributed by atoms with E-state index in [1.54, 1.807) is 17.5 Å². The van der Waals surface area contributed by atoms with Crippen molar-refractivity contribution in [3.8, 4) is 0 Å². The zero-order valence-corrected chi connectivity index (χ0v) is 16.2. The Hall–Kier alpha value is -1.92. The van der Waals surface area contributed by atoms with Crippen LogP contribution in [0, 0.1) is 13.8 Å². The van der Waals surface area contributed by atoms with Gasteiger partial charge in [-0.3, -0.25) is 4.98 Å². The van der Waals surface area contributed by atoms with Crippen LogP contribution in [0.4, 0.5) is 0 Å². The first-order valence-corrected chi connectivity index (χ1v) is 9.37. The van der Waals surface area contributed by atoms with Gasteiger partial charge in [-0.2, -0.15) is 4.99 Å². The first-order chi connectivity index (χ1) is 12.0. The molecule has 0 amide bonds. The average Bonchev–Trinajstić information content (AvgIpc) is 2.90. The molecule has 1 aliphatic heterocycles. The van der Waals surface area contributed by atoms with Gasteiger partial charge in [-0.15, -0.1) is 11.3 Å². The van der Waals surface area contributed by atoms with E-state index in [2.05, 4.69) is 19.9 Å². The molecule has 0 atom stereocenters. The summed E-state index contributed by atoms with van der Waals surface area (Å²) in [5.74, 6) is 0. The summed E-state index contributed by atoms with van der Waals surface area (Å²) in [7, 11) is 0. The van der Waals surface area contributed by atoms with Crippen molar-refractivity contribution >= 4 is 29.0 Å². The Labute approximate surface area is 157 Å². The molecule has 2 aromatic rings. The van der Waals surface area contributed by atoms with Crippen LogP contribution in [-0.4, -0.2) is 34.0 Å². The smallest absolute Gasteiger partial charge is 0.294 e. The summed E-state index contributed by atoms with van der Waals surface area (Å²) in [5.41, 5.74) is 3.10. The predicted octanol–water partition coefficient (Wildman–Crippen LogP) is 4.06. The normalized spacial score (nSPS) is 14.7. The van der Waals surface area contributed by atoms with Crippen LogP contribution in [-0.2, 0) is 17.7 Å². The minimum atomic E-state index is 0.510. The summed E-state index contributed by atoms with van der Waals surface area (Å²) in [5, 5.41) is 1.59. The van der Waals surface area contributed by atoms with E-state index in [1.165, 1.54) is 4.88 Å². The number of hydrogen-bond acceptors (Lipinski definition) is 6. The first kappa shape index (κ1) is 17.9. The lowest BCUT2D eigenvalue weighted by Gasteiger charge is -2.28. The summed E-state index contributed by atoms with van der Waals surface area (Å²) < 4.78 is 5.94. The predicted molar refractivity (Wildman–Crippen MR) is 102 cm³/mol. The summed E-state index contributed by atoms with van der Waals surface area (Å²) in [6, 6.07) is 6.44. The van der Waals surface area contributed by atoms with E-state index < -0.39 is 0 Å². The SMILES string of the molecule is CC1=C(Cl)N=C(OCCc2ccccn2)N(Cc2sc(C)nc2C)C1. The minimum absolute atomic E-state index is 0.510. The van der Waals surface area contributed by atoms with Gasteiger partial charge in [0.1, 0.15) is 5.16 Å². The molecule has 0 unspecified atom stereocenters. The number of rotatable bonds is 5. The highest BCUT2D eigenvalue weighted by atomic mass is 35.5. The van der Waals surface area contributed by atoms with Crippen molar-refractivity contribution in [2.45, 2.75) is 33.7 Å². The van der Waals surface area contributed by atoms with Crippen LogP contribution in [0.3, 0.4) is 0 Å². The Morgan fingerprint density at radius 3 is 2.80 bits per heavy atom. The second kappa shape index (κ2) is 7.97. The van der Waals surface area contributed by atoms with Gasteiger partial charge in [0.25, 0.3) is 6.02 Å². The number of pyridine rings is 1. The van der Waals surface area contributed by atoms with Gasteiger partial charge in [0, 0.05) is 29.7 Å². The van der Waals surface area contributed by atoms with Gasteiger partial charge in [-0.1, -0.05) is 17.7 Å². The zero-order chi connectivity index (χ0) is 17.8. The molecule has 3 heterocycles. The molecule has 132 valence electrons. The third-order valence-corrected chi connectivity index (χ3v) is 5.36. The Kier molecular flexibility index (Phi) is 5.71. The highest BCUT2D eigenvalue weighted by Gasteiger charge is 2.22. The standard InChI is InChI=1S/C18H21ClN4OS/c1-12-10-23(11-16-13(2)21-14(3)25-16)18(22-17(12)19)24-9-7-15-6-4-5-8-20-15/h4-6,8H,7,9-11H2,1-3H3. The van der Waals surface area contributed by atoms with Crippen molar-refractivity contribution in [1.29, 1.82) is 0 Å². The number of aromatic nitrogens is 2. The van der Waals surface area contributed by atoms with Gasteiger partial charge >= 0.3 is 0 Å². The van der Waals surface area contributed by atoms with Crippen LogP contribution >= 0.6 is 22.9 Å². The molecule has 0 aliphatic carbocycles. The number of halogens is 1. The molecule has 0 radical (unpaired) electrons. The van der Waals surface area contributed by atoms with Crippen LogP contribution in [0.5, 0.6) is 0 Å². The Morgan fingerprint density at radius 2 is 2.12 bits per heavy atom. The van der Waals surface area contributed by atoms with Gasteiger partial charge in [0.15, 0.2) is 0 Å². The number of amidine groups is 1. The minimum Gasteiger partial charge on any atom is -0.464 e. The molecule has 0 saturated heterocycles. The van der Waals surface area contributed by atoms with Crippen molar-refractivity contribution in [3.63, 3.8) is 0 Å². The lowest BCUT2D eigenvalue weighted by atomic mass is 10.2. The van der Waals surface area contributed by atoms with Crippen LogP contribution in [0.25, 0.3) is 0 Å². The number of aliphatic imine (C=N–C) groups is 1. The van der Waals surface area contributed by atoms with Crippen LogP contribution in [0.1, 0.15) is 28.2 Å². The van der Waals surface area contributed by atoms with Crippen LogP contribution in [0.15, 0.2) is 40.1 Å². The summed E-state index contributed by atoms with van der Waals surface area (Å²) >= 11 is 7.94. The number of ether oxygens (including phenoxy) is 1. The molecule has 2 aromatic heterocycles. The number of hydrogen-bond donors (Lipinski definition) is 0. The lowest BCUT2D eigenvalue weighted by molar-refractivity contribution is 0.232. The lowest BCUT2D eigenvalue weighted by Crippen LogP contribution is -2.36. The van der Waals surface area contributed by atoms with E-state index in [-0.39, 0.29) is 0 Å².